The maximum absolute atomic E-state index is 6.11. The minimum Gasteiger partial charge on any atom is -0.464 e. The number of rotatable bonds is 4. The summed E-state index contributed by atoms with van der Waals surface area (Å²) in [5.41, 5.74) is 24.4. The molecule has 0 bridgehead atoms. The maximum atomic E-state index is 6.11. The molecule has 0 spiro atoms. The van der Waals surface area contributed by atoms with Crippen LogP contribution in [0.2, 0.25) is 0 Å². The van der Waals surface area contributed by atoms with E-state index in [1.54, 1.807) is 0 Å². The van der Waals surface area contributed by atoms with E-state index in [9.17, 15) is 0 Å². The van der Waals surface area contributed by atoms with Crippen molar-refractivity contribution in [3.05, 3.63) is 173 Å². The fourth-order valence-electron chi connectivity index (χ4n) is 11.9. The molecule has 7 aromatic carbocycles. The summed E-state index contributed by atoms with van der Waals surface area (Å²) < 4.78 is 14.9. The molecule has 344 valence electrons. The number of fused-ring (bicyclic) bond motifs is 10. The number of furan rings is 2. The van der Waals surface area contributed by atoms with E-state index < -0.39 is 0 Å². The molecule has 0 saturated heterocycles. The molecule has 4 aromatic heterocycles. The Morgan fingerprint density at radius 3 is 1.24 bits per heavy atom. The highest BCUT2D eigenvalue weighted by molar-refractivity contribution is 7.29. The van der Waals surface area contributed by atoms with Gasteiger partial charge >= 0.3 is 0 Å². The van der Waals surface area contributed by atoms with Crippen LogP contribution in [0.1, 0.15) is 80.5 Å². The van der Waals surface area contributed by atoms with Gasteiger partial charge in [0, 0.05) is 42.7 Å². The minimum atomic E-state index is -0.0209. The predicted molar refractivity (Wildman–Crippen MR) is 303 cm³/mol. The number of thiophene rings is 2. The molecular weight excluding hydrogens is 892 g/mol. The molecule has 0 amide bonds. The normalized spacial score (nSPS) is 13.6. The van der Waals surface area contributed by atoms with E-state index in [4.69, 9.17) is 8.83 Å². The summed E-state index contributed by atoms with van der Waals surface area (Å²) in [5.74, 6) is 0. The summed E-state index contributed by atoms with van der Waals surface area (Å²) >= 11 is 3.90. The molecule has 0 unspecified atom stereocenters. The second-order valence-electron chi connectivity index (χ2n) is 22.1. The van der Waals surface area contributed by atoms with Gasteiger partial charge in [-0.1, -0.05) is 102 Å². The molecule has 7 heteroatoms. The Morgan fingerprint density at radius 2 is 0.843 bits per heavy atom. The van der Waals surface area contributed by atoms with E-state index in [-0.39, 0.29) is 17.5 Å². The maximum Gasteiger partial charge on any atom is 0.256 e. The number of hydrogen-bond acceptors (Lipinski definition) is 6. The van der Waals surface area contributed by atoms with Gasteiger partial charge in [-0.3, -0.25) is 0 Å². The Labute approximate surface area is 418 Å². The third kappa shape index (κ3) is 6.33. The van der Waals surface area contributed by atoms with Gasteiger partial charge in [0.1, 0.15) is 11.2 Å². The van der Waals surface area contributed by atoms with Crippen molar-refractivity contribution in [3.8, 4) is 22.3 Å². The largest absolute Gasteiger partial charge is 0.464 e. The molecule has 2 aliphatic heterocycles. The Kier molecular flexibility index (Phi) is 9.33. The second kappa shape index (κ2) is 15.1. The molecule has 11 aromatic rings. The highest BCUT2D eigenvalue weighted by Crippen LogP contribution is 2.53. The summed E-state index contributed by atoms with van der Waals surface area (Å²) in [5, 5.41) is 7.58. The van der Waals surface area contributed by atoms with Gasteiger partial charge in [0.05, 0.1) is 33.9 Å². The average molecular weight is 947 g/mol. The Bertz CT molecular complexity index is 3710. The smallest absolute Gasteiger partial charge is 0.256 e. The number of anilines is 6. The van der Waals surface area contributed by atoms with Crippen LogP contribution in [-0.4, -0.2) is 6.71 Å². The Morgan fingerprint density at radius 1 is 0.443 bits per heavy atom. The third-order valence-electron chi connectivity index (χ3n) is 15.2. The summed E-state index contributed by atoms with van der Waals surface area (Å²) in [6.07, 6.45) is 3.85. The number of nitrogens with zero attached hydrogens (tertiary/aromatic N) is 2. The zero-order valence-corrected chi connectivity index (χ0v) is 43.4. The third-order valence-corrected chi connectivity index (χ3v) is 17.5. The number of para-hydroxylation sites is 2. The molecule has 0 saturated carbocycles. The van der Waals surface area contributed by atoms with Crippen LogP contribution in [0.15, 0.2) is 143 Å². The summed E-state index contributed by atoms with van der Waals surface area (Å²) in [7, 11) is 0. The van der Waals surface area contributed by atoms with Crippen molar-refractivity contribution in [1.82, 2.24) is 0 Å². The Balaban J connectivity index is 1.13. The lowest BCUT2D eigenvalue weighted by molar-refractivity contribution is 0.591. The molecule has 4 nitrogen and oxygen atoms in total. The van der Waals surface area contributed by atoms with Crippen molar-refractivity contribution in [2.75, 3.05) is 9.80 Å². The van der Waals surface area contributed by atoms with Gasteiger partial charge in [0.25, 0.3) is 6.71 Å². The van der Waals surface area contributed by atoms with E-state index in [1.807, 2.05) is 47.3 Å². The molecule has 2 aliphatic rings. The van der Waals surface area contributed by atoms with Gasteiger partial charge in [-0.15, -0.1) is 22.7 Å². The summed E-state index contributed by atoms with van der Waals surface area (Å²) in [4.78, 5) is 5.32. The van der Waals surface area contributed by atoms with Crippen molar-refractivity contribution in [2.24, 2.45) is 0 Å². The zero-order valence-electron chi connectivity index (χ0n) is 41.8. The first-order chi connectivity index (χ1) is 33.5. The van der Waals surface area contributed by atoms with Crippen LogP contribution in [0.5, 0.6) is 0 Å². The van der Waals surface area contributed by atoms with Gasteiger partial charge in [0.15, 0.2) is 0 Å². The monoisotopic (exact) mass is 946 g/mol. The van der Waals surface area contributed by atoms with E-state index in [0.717, 1.165) is 33.1 Å². The molecule has 13 rings (SSSR count). The van der Waals surface area contributed by atoms with Crippen molar-refractivity contribution in [2.45, 2.75) is 87.0 Å². The molecule has 0 fully saturated rings. The van der Waals surface area contributed by atoms with Gasteiger partial charge in [-0.25, -0.2) is 0 Å². The van der Waals surface area contributed by atoms with Crippen molar-refractivity contribution in [3.63, 3.8) is 0 Å². The van der Waals surface area contributed by atoms with Gasteiger partial charge in [0.2, 0.25) is 0 Å². The number of aryl methyl sites for hydroxylation is 5. The second-order valence-corrected chi connectivity index (χ2v) is 24.2. The highest BCUT2D eigenvalue weighted by Gasteiger charge is 2.48. The zero-order chi connectivity index (χ0) is 48.3. The topological polar surface area (TPSA) is 32.8 Å². The first kappa shape index (κ1) is 43.2. The predicted octanol–water partition coefficient (Wildman–Crippen LogP) is 17.2. The highest BCUT2D eigenvalue weighted by atomic mass is 32.1. The van der Waals surface area contributed by atoms with Crippen LogP contribution in [0, 0.1) is 34.6 Å². The fraction of sp³-hybridized carbons (Fsp3) is 0.206. The van der Waals surface area contributed by atoms with Crippen molar-refractivity contribution < 1.29 is 8.83 Å². The molecule has 0 N–H and O–H groups in total. The summed E-state index contributed by atoms with van der Waals surface area (Å²) in [6.45, 7) is 25.5. The van der Waals surface area contributed by atoms with Crippen LogP contribution in [0.3, 0.4) is 0 Å². The van der Waals surface area contributed by atoms with Crippen LogP contribution >= 0.6 is 22.7 Å². The number of hydrogen-bond donors (Lipinski definition) is 0. The average Bonchev–Trinajstić information content (AvgIpc) is 4.12. The van der Waals surface area contributed by atoms with E-state index >= 15 is 0 Å². The van der Waals surface area contributed by atoms with Gasteiger partial charge in [-0.2, -0.15) is 0 Å². The lowest BCUT2D eigenvalue weighted by atomic mass is 9.33. The minimum absolute atomic E-state index is 0.00889. The van der Waals surface area contributed by atoms with E-state index in [0.29, 0.717) is 0 Å². The first-order valence-electron chi connectivity index (χ1n) is 24.6. The van der Waals surface area contributed by atoms with E-state index in [1.165, 1.54) is 119 Å². The standard InChI is InChI=1S/C63H55BN2O2S2/c1-34-24-49-57-50(25-34)66(59-37(4)28-40(29-38(59)5)48-33-68-52-19-15-13-17-44(48)52)61-56(46-31-42(63(9,10)11)21-23-54(46)70-61)64(57)55-45-30-41(62(6,7)8)20-22-53(45)69-60(55)65(49)58-35(2)26-39(27-36(58)3)47-32-67-51-18-14-12-16-43(47)51/h12-33H,1-11H3. The van der Waals surface area contributed by atoms with Crippen LogP contribution in [0.25, 0.3) is 64.4 Å². The molecule has 0 atom stereocenters. The van der Waals surface area contributed by atoms with Crippen LogP contribution < -0.4 is 26.2 Å². The molecule has 0 aliphatic carbocycles. The summed E-state index contributed by atoms with van der Waals surface area (Å²) in [6, 6.07) is 45.8. The Hall–Kier alpha value is -6.80. The van der Waals surface area contributed by atoms with E-state index in [2.05, 4.69) is 195 Å². The molecule has 0 radical (unpaired) electrons. The molecule has 6 heterocycles. The van der Waals surface area contributed by atoms with Gasteiger partial charge in [-0.05, 0) is 183 Å². The van der Waals surface area contributed by atoms with Crippen LogP contribution in [-0.2, 0) is 10.8 Å². The lowest BCUT2D eigenvalue weighted by Gasteiger charge is -2.43. The van der Waals surface area contributed by atoms with Gasteiger partial charge < -0.3 is 18.6 Å². The fourth-order valence-corrected chi connectivity index (χ4v) is 14.4. The molecule has 70 heavy (non-hydrogen) atoms. The molecular formula is C63H55BN2O2S2. The number of benzene rings is 7. The lowest BCUT2D eigenvalue weighted by Crippen LogP contribution is -2.60. The van der Waals surface area contributed by atoms with Crippen molar-refractivity contribution in [1.29, 1.82) is 0 Å². The van der Waals surface area contributed by atoms with Crippen molar-refractivity contribution >= 4 is 121 Å². The SMILES string of the molecule is Cc1cc2c3c(c1)N(c1c(C)cc(-c4coc5ccccc45)cc1C)c1sc4ccc(C(C)(C)C)cc4c1B3c1c(sc3ccc(C(C)(C)C)cc13)N2c1c(C)cc(-c2coc3ccccc23)cc1C. The first-order valence-corrected chi connectivity index (χ1v) is 26.2. The van der Waals surface area contributed by atoms with Crippen LogP contribution in [0.4, 0.5) is 32.8 Å². The quantitative estimate of drug-likeness (QED) is 0.165.